The van der Waals surface area contributed by atoms with E-state index in [9.17, 15) is 9.90 Å². The van der Waals surface area contributed by atoms with Gasteiger partial charge in [-0.3, -0.25) is 0 Å². The number of nitrogens with zero attached hydrogens (tertiary/aromatic N) is 3. The van der Waals surface area contributed by atoms with Crippen molar-refractivity contribution in [2.75, 3.05) is 0 Å². The van der Waals surface area contributed by atoms with Gasteiger partial charge in [-0.1, -0.05) is 0 Å². The van der Waals surface area contributed by atoms with Crippen LogP contribution in [-0.4, -0.2) is 43.8 Å². The van der Waals surface area contributed by atoms with Crippen LogP contribution in [-0.2, 0) is 10.3 Å². The first-order chi connectivity index (χ1) is 10.8. The molecule has 2 unspecified atom stereocenters. The molecule has 2 aliphatic heterocycles. The molecule has 3 rings (SSSR count). The standard InChI is InChI=1S/C17H25N3O3/c1-16(2,3)23-15(21)20-12-6-4-7-13(20)11-17(22,10-12)14-18-8-5-9-19-14/h5,8-9,12-13,22H,4,6-7,10-11H2,1-3H3. The van der Waals surface area contributed by atoms with Crippen molar-refractivity contribution >= 4 is 6.09 Å². The highest BCUT2D eigenvalue weighted by molar-refractivity contribution is 5.69. The number of hydrogen-bond donors (Lipinski definition) is 1. The van der Waals surface area contributed by atoms with E-state index < -0.39 is 11.2 Å². The third-order valence-corrected chi connectivity index (χ3v) is 4.59. The molecule has 0 radical (unpaired) electrons. The summed E-state index contributed by atoms with van der Waals surface area (Å²) in [5.41, 5.74) is -1.57. The van der Waals surface area contributed by atoms with E-state index >= 15 is 0 Å². The zero-order valence-corrected chi connectivity index (χ0v) is 14.0. The van der Waals surface area contributed by atoms with Crippen LogP contribution >= 0.6 is 0 Å². The van der Waals surface area contributed by atoms with E-state index in [1.165, 1.54) is 0 Å². The fraction of sp³-hybridized carbons (Fsp3) is 0.706. The van der Waals surface area contributed by atoms with Gasteiger partial charge in [0.15, 0.2) is 5.82 Å². The maximum Gasteiger partial charge on any atom is 0.410 e. The Morgan fingerprint density at radius 3 is 2.35 bits per heavy atom. The Hall–Kier alpha value is -1.69. The Kier molecular flexibility index (Phi) is 4.04. The molecule has 1 N–H and O–H groups in total. The summed E-state index contributed by atoms with van der Waals surface area (Å²) in [6.07, 6.45) is 6.78. The molecule has 6 nitrogen and oxygen atoms in total. The number of amides is 1. The van der Waals surface area contributed by atoms with Crippen LogP contribution in [0.3, 0.4) is 0 Å². The molecular formula is C17H25N3O3. The van der Waals surface area contributed by atoms with E-state index in [1.807, 2.05) is 25.7 Å². The summed E-state index contributed by atoms with van der Waals surface area (Å²) in [5.74, 6) is 0.459. The van der Waals surface area contributed by atoms with Gasteiger partial charge in [-0.05, 0) is 46.1 Å². The van der Waals surface area contributed by atoms with Crippen LogP contribution in [0.5, 0.6) is 0 Å². The van der Waals surface area contributed by atoms with E-state index in [4.69, 9.17) is 4.74 Å². The highest BCUT2D eigenvalue weighted by Gasteiger charge is 2.50. The molecule has 0 aliphatic carbocycles. The molecule has 0 saturated carbocycles. The SMILES string of the molecule is CC(C)(C)OC(=O)N1C2CCCC1CC(O)(c1ncccn1)C2. The molecule has 126 valence electrons. The number of rotatable bonds is 1. The minimum absolute atomic E-state index is 0.0221. The summed E-state index contributed by atoms with van der Waals surface area (Å²) in [6, 6.07) is 1.70. The molecule has 1 aromatic heterocycles. The average molecular weight is 319 g/mol. The monoisotopic (exact) mass is 319 g/mol. The van der Waals surface area contributed by atoms with Crippen molar-refractivity contribution in [3.05, 3.63) is 24.3 Å². The average Bonchev–Trinajstić information content (AvgIpc) is 2.45. The van der Waals surface area contributed by atoms with Gasteiger partial charge in [-0.2, -0.15) is 0 Å². The summed E-state index contributed by atoms with van der Waals surface area (Å²) in [5, 5.41) is 11.1. The van der Waals surface area contributed by atoms with Gasteiger partial charge in [-0.15, -0.1) is 0 Å². The van der Waals surface area contributed by atoms with Crippen LogP contribution < -0.4 is 0 Å². The summed E-state index contributed by atoms with van der Waals surface area (Å²) < 4.78 is 5.56. The third-order valence-electron chi connectivity index (χ3n) is 4.59. The van der Waals surface area contributed by atoms with Crippen molar-refractivity contribution in [3.8, 4) is 0 Å². The Bertz CT molecular complexity index is 556. The number of hydrogen-bond acceptors (Lipinski definition) is 5. The molecule has 2 saturated heterocycles. The molecule has 2 fully saturated rings. The molecule has 0 spiro atoms. The fourth-order valence-electron chi connectivity index (χ4n) is 3.76. The lowest BCUT2D eigenvalue weighted by Gasteiger charge is -2.51. The predicted octanol–water partition coefficient (Wildman–Crippen LogP) is 2.62. The molecule has 2 aliphatic rings. The number of fused-ring (bicyclic) bond motifs is 2. The van der Waals surface area contributed by atoms with Crippen LogP contribution in [0.2, 0.25) is 0 Å². The second-order valence-electron chi connectivity index (χ2n) is 7.64. The lowest BCUT2D eigenvalue weighted by Crippen LogP contribution is -2.59. The van der Waals surface area contributed by atoms with Crippen molar-refractivity contribution in [2.45, 2.75) is 76.2 Å². The van der Waals surface area contributed by atoms with Crippen LogP contribution in [0.1, 0.15) is 58.7 Å². The van der Waals surface area contributed by atoms with E-state index in [0.29, 0.717) is 18.7 Å². The number of carbonyl (C=O) groups excluding carboxylic acids is 1. The fourth-order valence-corrected chi connectivity index (χ4v) is 3.76. The molecule has 3 heterocycles. The Balaban J connectivity index is 1.82. The lowest BCUT2D eigenvalue weighted by molar-refractivity contribution is -0.101. The molecule has 6 heteroatoms. The van der Waals surface area contributed by atoms with Gasteiger partial charge in [0, 0.05) is 37.3 Å². The first-order valence-electron chi connectivity index (χ1n) is 8.30. The summed E-state index contributed by atoms with van der Waals surface area (Å²) in [6.45, 7) is 5.62. The predicted molar refractivity (Wildman–Crippen MR) is 84.7 cm³/mol. The molecule has 1 aromatic rings. The van der Waals surface area contributed by atoms with Crippen LogP contribution in [0.25, 0.3) is 0 Å². The minimum atomic E-state index is -1.06. The Morgan fingerprint density at radius 2 is 1.83 bits per heavy atom. The minimum Gasteiger partial charge on any atom is -0.444 e. The number of aliphatic hydroxyl groups is 1. The second-order valence-corrected chi connectivity index (χ2v) is 7.64. The Morgan fingerprint density at radius 1 is 1.26 bits per heavy atom. The normalized spacial score (nSPS) is 30.9. The van der Waals surface area contributed by atoms with Gasteiger partial charge in [0.05, 0.1) is 0 Å². The van der Waals surface area contributed by atoms with E-state index in [0.717, 1.165) is 19.3 Å². The topological polar surface area (TPSA) is 75.5 Å². The maximum atomic E-state index is 12.6. The molecule has 23 heavy (non-hydrogen) atoms. The molecule has 2 bridgehead atoms. The quantitative estimate of drug-likeness (QED) is 0.861. The second kappa shape index (κ2) is 5.74. The highest BCUT2D eigenvalue weighted by atomic mass is 16.6. The third kappa shape index (κ3) is 3.32. The van der Waals surface area contributed by atoms with Crippen LogP contribution in [0.4, 0.5) is 4.79 Å². The number of carbonyl (C=O) groups is 1. The van der Waals surface area contributed by atoms with E-state index in [1.54, 1.807) is 18.5 Å². The number of aromatic nitrogens is 2. The largest absolute Gasteiger partial charge is 0.444 e. The van der Waals surface area contributed by atoms with Gasteiger partial charge >= 0.3 is 6.09 Å². The summed E-state index contributed by atoms with van der Waals surface area (Å²) in [4.78, 5) is 22.9. The highest BCUT2D eigenvalue weighted by Crippen LogP contribution is 2.43. The maximum absolute atomic E-state index is 12.6. The van der Waals surface area contributed by atoms with Crippen molar-refractivity contribution in [1.29, 1.82) is 0 Å². The zero-order chi connectivity index (χ0) is 16.7. The van der Waals surface area contributed by atoms with Crippen molar-refractivity contribution < 1.29 is 14.6 Å². The van der Waals surface area contributed by atoms with Gasteiger partial charge < -0.3 is 14.7 Å². The van der Waals surface area contributed by atoms with E-state index in [2.05, 4.69) is 9.97 Å². The molecule has 1 amide bonds. The molecule has 2 atom stereocenters. The first-order valence-corrected chi connectivity index (χ1v) is 8.30. The Labute approximate surface area is 136 Å². The number of ether oxygens (including phenoxy) is 1. The first kappa shape index (κ1) is 16.2. The van der Waals surface area contributed by atoms with Gasteiger partial charge in [0.2, 0.25) is 0 Å². The van der Waals surface area contributed by atoms with Gasteiger partial charge in [0.1, 0.15) is 11.2 Å². The van der Waals surface area contributed by atoms with E-state index in [-0.39, 0.29) is 18.2 Å². The van der Waals surface area contributed by atoms with Crippen LogP contribution in [0, 0.1) is 0 Å². The zero-order valence-electron chi connectivity index (χ0n) is 14.0. The molecule has 0 aromatic carbocycles. The van der Waals surface area contributed by atoms with Crippen molar-refractivity contribution in [1.82, 2.24) is 14.9 Å². The van der Waals surface area contributed by atoms with Gasteiger partial charge in [0.25, 0.3) is 0 Å². The number of piperidine rings is 2. The smallest absolute Gasteiger partial charge is 0.410 e. The molecular weight excluding hydrogens is 294 g/mol. The van der Waals surface area contributed by atoms with Gasteiger partial charge in [-0.25, -0.2) is 14.8 Å². The summed E-state index contributed by atoms with van der Waals surface area (Å²) in [7, 11) is 0. The summed E-state index contributed by atoms with van der Waals surface area (Å²) >= 11 is 0. The lowest BCUT2D eigenvalue weighted by atomic mass is 9.75. The van der Waals surface area contributed by atoms with Crippen molar-refractivity contribution in [3.63, 3.8) is 0 Å². The van der Waals surface area contributed by atoms with Crippen molar-refractivity contribution in [2.24, 2.45) is 0 Å². The van der Waals surface area contributed by atoms with Crippen LogP contribution in [0.15, 0.2) is 18.5 Å².